The van der Waals surface area contributed by atoms with Gasteiger partial charge in [-0.1, -0.05) is 39.0 Å². The second kappa shape index (κ2) is 9.35. The van der Waals surface area contributed by atoms with E-state index in [1.807, 2.05) is 0 Å². The van der Waals surface area contributed by atoms with Gasteiger partial charge in [0.1, 0.15) is 5.54 Å². The molecule has 0 radical (unpaired) electrons. The summed E-state index contributed by atoms with van der Waals surface area (Å²) in [6, 6.07) is 0. The molecule has 1 aliphatic rings. The number of ether oxygens (including phenoxy) is 1. The van der Waals surface area contributed by atoms with Gasteiger partial charge in [0.25, 0.3) is 0 Å². The molecule has 0 aromatic carbocycles. The highest BCUT2D eigenvalue weighted by molar-refractivity contribution is 5.79. The molecule has 0 aliphatic heterocycles. The number of rotatable bonds is 11. The molecule has 20 heavy (non-hydrogen) atoms. The summed E-state index contributed by atoms with van der Waals surface area (Å²) in [7, 11) is 1.76. The van der Waals surface area contributed by atoms with Crippen LogP contribution in [0.4, 0.5) is 0 Å². The average Bonchev–Trinajstić information content (AvgIpc) is 2.86. The van der Waals surface area contributed by atoms with Gasteiger partial charge in [0.15, 0.2) is 0 Å². The molecule has 118 valence electrons. The Hall–Kier alpha value is -0.610. The standard InChI is InChI=1S/C16H31NO3/c1-3-4-5-6-7-12-20-13-10-14-9-8-11-16(14,17-2)15(18)19/h14,17H,3-13H2,1-2H3,(H,18,19). The first-order valence-corrected chi connectivity index (χ1v) is 8.17. The molecular weight excluding hydrogens is 254 g/mol. The minimum absolute atomic E-state index is 0.199. The molecule has 0 amide bonds. The first-order valence-electron chi connectivity index (χ1n) is 8.17. The van der Waals surface area contributed by atoms with E-state index in [1.54, 1.807) is 7.05 Å². The fraction of sp³-hybridized carbons (Fsp3) is 0.938. The normalized spacial score (nSPS) is 26.0. The maximum absolute atomic E-state index is 11.5. The Bertz CT molecular complexity index is 283. The third kappa shape index (κ3) is 4.74. The number of aliphatic carboxylic acids is 1. The van der Waals surface area contributed by atoms with Crippen molar-refractivity contribution in [1.29, 1.82) is 0 Å². The predicted molar refractivity (Wildman–Crippen MR) is 81.0 cm³/mol. The van der Waals surface area contributed by atoms with E-state index in [0.717, 1.165) is 38.7 Å². The van der Waals surface area contributed by atoms with Gasteiger partial charge in [0.2, 0.25) is 0 Å². The Labute approximate surface area is 123 Å². The van der Waals surface area contributed by atoms with Crippen LogP contribution in [-0.2, 0) is 9.53 Å². The van der Waals surface area contributed by atoms with E-state index in [2.05, 4.69) is 12.2 Å². The van der Waals surface area contributed by atoms with Crippen LogP contribution < -0.4 is 5.32 Å². The van der Waals surface area contributed by atoms with Crippen LogP contribution in [0.15, 0.2) is 0 Å². The molecule has 0 aromatic heterocycles. The molecule has 2 unspecified atom stereocenters. The highest BCUT2D eigenvalue weighted by atomic mass is 16.5. The second-order valence-corrected chi connectivity index (χ2v) is 5.93. The van der Waals surface area contributed by atoms with E-state index in [9.17, 15) is 9.90 Å². The quantitative estimate of drug-likeness (QED) is 0.572. The van der Waals surface area contributed by atoms with Crippen molar-refractivity contribution in [2.24, 2.45) is 5.92 Å². The smallest absolute Gasteiger partial charge is 0.324 e. The summed E-state index contributed by atoms with van der Waals surface area (Å²) in [4.78, 5) is 11.5. The molecule has 1 saturated carbocycles. The number of likely N-dealkylation sites (N-methyl/N-ethyl adjacent to an activating group) is 1. The van der Waals surface area contributed by atoms with Gasteiger partial charge in [-0.25, -0.2) is 0 Å². The van der Waals surface area contributed by atoms with Crippen LogP contribution >= 0.6 is 0 Å². The van der Waals surface area contributed by atoms with Crippen LogP contribution in [0.1, 0.15) is 64.7 Å². The monoisotopic (exact) mass is 285 g/mol. The van der Waals surface area contributed by atoms with Crippen molar-refractivity contribution in [1.82, 2.24) is 5.32 Å². The second-order valence-electron chi connectivity index (χ2n) is 5.93. The van der Waals surface area contributed by atoms with Crippen LogP contribution in [0.2, 0.25) is 0 Å². The van der Waals surface area contributed by atoms with Gasteiger partial charge in [-0.2, -0.15) is 0 Å². The zero-order valence-corrected chi connectivity index (χ0v) is 13.1. The van der Waals surface area contributed by atoms with Crippen molar-refractivity contribution in [3.05, 3.63) is 0 Å². The fourth-order valence-corrected chi connectivity index (χ4v) is 3.32. The largest absolute Gasteiger partial charge is 0.480 e. The highest BCUT2D eigenvalue weighted by Crippen LogP contribution is 2.37. The molecule has 2 atom stereocenters. The number of carboxylic acids is 1. The van der Waals surface area contributed by atoms with Gasteiger partial charge in [-0.3, -0.25) is 4.79 Å². The van der Waals surface area contributed by atoms with Crippen LogP contribution in [-0.4, -0.2) is 36.9 Å². The lowest BCUT2D eigenvalue weighted by Gasteiger charge is -2.30. The van der Waals surface area contributed by atoms with Crippen LogP contribution in [0, 0.1) is 5.92 Å². The zero-order chi connectivity index (χ0) is 14.8. The number of hydrogen-bond donors (Lipinski definition) is 2. The van der Waals surface area contributed by atoms with Crippen molar-refractivity contribution in [3.8, 4) is 0 Å². The Morgan fingerprint density at radius 3 is 2.70 bits per heavy atom. The first kappa shape index (κ1) is 17.4. The van der Waals surface area contributed by atoms with E-state index in [1.165, 1.54) is 25.7 Å². The molecule has 0 saturated heterocycles. The fourth-order valence-electron chi connectivity index (χ4n) is 3.32. The molecule has 1 aliphatic carbocycles. The Balaban J connectivity index is 2.16. The van der Waals surface area contributed by atoms with Gasteiger partial charge >= 0.3 is 5.97 Å². The van der Waals surface area contributed by atoms with E-state index in [0.29, 0.717) is 6.61 Å². The van der Waals surface area contributed by atoms with Crippen LogP contribution in [0.25, 0.3) is 0 Å². The van der Waals surface area contributed by atoms with Gasteiger partial charge in [0, 0.05) is 13.2 Å². The topological polar surface area (TPSA) is 58.6 Å². The molecule has 1 fully saturated rings. The van der Waals surface area contributed by atoms with Crippen molar-refractivity contribution in [3.63, 3.8) is 0 Å². The van der Waals surface area contributed by atoms with Gasteiger partial charge in [-0.15, -0.1) is 0 Å². The third-order valence-electron chi connectivity index (χ3n) is 4.65. The molecule has 4 nitrogen and oxygen atoms in total. The lowest BCUT2D eigenvalue weighted by Crippen LogP contribution is -2.53. The van der Waals surface area contributed by atoms with Gasteiger partial charge < -0.3 is 15.2 Å². The van der Waals surface area contributed by atoms with Crippen molar-refractivity contribution >= 4 is 5.97 Å². The molecule has 4 heteroatoms. The number of carbonyl (C=O) groups is 1. The average molecular weight is 285 g/mol. The van der Waals surface area contributed by atoms with Crippen molar-refractivity contribution < 1.29 is 14.6 Å². The summed E-state index contributed by atoms with van der Waals surface area (Å²) in [6.45, 7) is 3.72. The predicted octanol–water partition coefficient (Wildman–Crippen LogP) is 3.21. The third-order valence-corrected chi connectivity index (χ3v) is 4.65. The lowest BCUT2D eigenvalue weighted by atomic mass is 9.85. The van der Waals surface area contributed by atoms with Gasteiger partial charge in [0.05, 0.1) is 0 Å². The van der Waals surface area contributed by atoms with Crippen molar-refractivity contribution in [2.45, 2.75) is 70.3 Å². The maximum atomic E-state index is 11.5. The molecule has 0 bridgehead atoms. The van der Waals surface area contributed by atoms with Crippen molar-refractivity contribution in [2.75, 3.05) is 20.3 Å². The number of nitrogens with one attached hydrogen (secondary N) is 1. The highest BCUT2D eigenvalue weighted by Gasteiger charge is 2.47. The first-order chi connectivity index (χ1) is 9.67. The lowest BCUT2D eigenvalue weighted by molar-refractivity contribution is -0.146. The summed E-state index contributed by atoms with van der Waals surface area (Å²) in [6.07, 6.45) is 9.82. The molecule has 0 spiro atoms. The molecule has 0 aromatic rings. The Morgan fingerprint density at radius 1 is 1.30 bits per heavy atom. The minimum atomic E-state index is -0.718. The molecule has 1 rings (SSSR count). The summed E-state index contributed by atoms with van der Waals surface area (Å²) in [5.74, 6) is -0.507. The number of carboxylic acid groups (broad SMARTS) is 1. The van der Waals surface area contributed by atoms with E-state index in [4.69, 9.17) is 4.74 Å². The van der Waals surface area contributed by atoms with E-state index in [-0.39, 0.29) is 5.92 Å². The maximum Gasteiger partial charge on any atom is 0.324 e. The number of unbranched alkanes of at least 4 members (excludes halogenated alkanes) is 4. The number of hydrogen-bond acceptors (Lipinski definition) is 3. The summed E-state index contributed by atoms with van der Waals surface area (Å²) in [5.41, 5.74) is -0.718. The van der Waals surface area contributed by atoms with Crippen LogP contribution in [0.3, 0.4) is 0 Å². The summed E-state index contributed by atoms with van der Waals surface area (Å²) < 4.78 is 5.67. The van der Waals surface area contributed by atoms with Crippen LogP contribution in [0.5, 0.6) is 0 Å². The molecule has 0 heterocycles. The SMILES string of the molecule is CCCCCCCOCCC1CCCC1(NC)C(=O)O. The molecular formula is C16H31NO3. The van der Waals surface area contributed by atoms with Gasteiger partial charge in [-0.05, 0) is 38.6 Å². The summed E-state index contributed by atoms with van der Waals surface area (Å²) in [5, 5.41) is 12.5. The minimum Gasteiger partial charge on any atom is -0.480 e. The Morgan fingerprint density at radius 2 is 2.05 bits per heavy atom. The zero-order valence-electron chi connectivity index (χ0n) is 13.1. The van der Waals surface area contributed by atoms with E-state index >= 15 is 0 Å². The molecule has 2 N–H and O–H groups in total. The van der Waals surface area contributed by atoms with E-state index < -0.39 is 11.5 Å². The Kier molecular flexibility index (Phi) is 8.15. The summed E-state index contributed by atoms with van der Waals surface area (Å²) >= 11 is 0.